The van der Waals surface area contributed by atoms with Gasteiger partial charge in [0, 0.05) is 0 Å². The summed E-state index contributed by atoms with van der Waals surface area (Å²) in [5.41, 5.74) is 0. The molecule has 0 fully saturated rings. The van der Waals surface area contributed by atoms with Gasteiger partial charge in [0.05, 0.1) is 38.7 Å². The van der Waals surface area contributed by atoms with Crippen molar-refractivity contribution in [1.29, 1.82) is 0 Å². The topological polar surface area (TPSA) is 6.48 Å². The predicted octanol–water partition coefficient (Wildman–Crippen LogP) is -0.0812. The molecular formula is C10H34N2Si5. The summed E-state index contributed by atoms with van der Waals surface area (Å²) in [6, 6.07) is 7.55. The van der Waals surface area contributed by atoms with Crippen LogP contribution in [0.3, 0.4) is 0 Å². The highest BCUT2D eigenvalue weighted by atomic mass is 28.4. The van der Waals surface area contributed by atoms with Crippen LogP contribution in [-0.2, 0) is 0 Å². The average molecular weight is 323 g/mol. The highest BCUT2D eigenvalue weighted by Crippen LogP contribution is 2.07. The number of hydrogen-bond donors (Lipinski definition) is 0. The Morgan fingerprint density at radius 1 is 0.647 bits per heavy atom. The summed E-state index contributed by atoms with van der Waals surface area (Å²) in [4.78, 5) is 0. The lowest BCUT2D eigenvalue weighted by molar-refractivity contribution is 0.860. The molecule has 0 atom stereocenters. The molecule has 0 bridgehead atoms. The molecule has 0 aromatic heterocycles. The second kappa shape index (κ2) is 12.1. The van der Waals surface area contributed by atoms with Crippen molar-refractivity contribution in [3.63, 3.8) is 0 Å². The van der Waals surface area contributed by atoms with Gasteiger partial charge in [-0.1, -0.05) is 58.8 Å². The van der Waals surface area contributed by atoms with E-state index in [4.69, 9.17) is 0 Å². The Morgan fingerprint density at radius 3 is 1.12 bits per heavy atom. The van der Waals surface area contributed by atoms with E-state index in [9.17, 15) is 0 Å². The van der Waals surface area contributed by atoms with Gasteiger partial charge in [-0.3, -0.25) is 0 Å². The van der Waals surface area contributed by atoms with Gasteiger partial charge in [0.25, 0.3) is 0 Å². The summed E-state index contributed by atoms with van der Waals surface area (Å²) < 4.78 is 6.34. The van der Waals surface area contributed by atoms with Gasteiger partial charge >= 0.3 is 0 Å². The fraction of sp³-hybridized carbons (Fsp3) is 1.00. The molecule has 0 aliphatic rings. The van der Waals surface area contributed by atoms with Crippen LogP contribution in [-0.4, -0.2) is 55.6 Å². The minimum atomic E-state index is -0.600. The van der Waals surface area contributed by atoms with Gasteiger partial charge in [-0.15, -0.1) is 0 Å². The standard InChI is InChI=1S/C10H34N2Si5/c1-6-13-11(14-7-2)17(10-5)12(15-8-3)16-9-4/h17H,6-10,13-16H2,1-5H3. The van der Waals surface area contributed by atoms with Crippen LogP contribution < -0.4 is 0 Å². The Balaban J connectivity index is 4.55. The van der Waals surface area contributed by atoms with Gasteiger partial charge in [0.1, 0.15) is 0 Å². The molecule has 0 N–H and O–H groups in total. The summed E-state index contributed by atoms with van der Waals surface area (Å²) in [6.07, 6.45) is 0. The largest absolute Gasteiger partial charge is 0.369 e. The van der Waals surface area contributed by atoms with Gasteiger partial charge in [0.15, 0.2) is 9.12 Å². The quantitative estimate of drug-likeness (QED) is 0.491. The summed E-state index contributed by atoms with van der Waals surface area (Å²) in [5.74, 6) is 0. The monoisotopic (exact) mass is 322 g/mol. The first-order valence-electron chi connectivity index (χ1n) is 7.73. The van der Waals surface area contributed by atoms with Crippen molar-refractivity contribution < 1.29 is 0 Å². The minimum Gasteiger partial charge on any atom is -0.369 e. The molecule has 0 aliphatic carbocycles. The molecule has 0 amide bonds. The summed E-state index contributed by atoms with van der Waals surface area (Å²) in [7, 11) is -0.00351. The third kappa shape index (κ3) is 7.23. The predicted molar refractivity (Wildman–Crippen MR) is 97.4 cm³/mol. The highest BCUT2D eigenvalue weighted by molar-refractivity contribution is 6.82. The number of hydrogen-bond acceptors (Lipinski definition) is 2. The zero-order valence-corrected chi connectivity index (χ0v) is 19.6. The van der Waals surface area contributed by atoms with E-state index in [0.29, 0.717) is 0 Å². The molecule has 0 spiro atoms. The molecular weight excluding hydrogens is 289 g/mol. The van der Waals surface area contributed by atoms with E-state index in [0.717, 1.165) is 0 Å². The molecule has 17 heavy (non-hydrogen) atoms. The molecule has 0 unspecified atom stereocenters. The van der Waals surface area contributed by atoms with E-state index in [-0.39, 0.29) is 38.7 Å². The van der Waals surface area contributed by atoms with Gasteiger partial charge in [-0.05, 0) is 6.04 Å². The average Bonchev–Trinajstić information content (AvgIpc) is 2.31. The van der Waals surface area contributed by atoms with Crippen molar-refractivity contribution in [3.05, 3.63) is 0 Å². The van der Waals surface area contributed by atoms with E-state index < -0.39 is 9.12 Å². The molecule has 104 valence electrons. The van der Waals surface area contributed by atoms with Crippen molar-refractivity contribution in [2.75, 3.05) is 0 Å². The Labute approximate surface area is 120 Å². The Morgan fingerprint density at radius 2 is 0.941 bits per heavy atom. The Kier molecular flexibility index (Phi) is 12.8. The second-order valence-corrected chi connectivity index (χ2v) is 21.9. The van der Waals surface area contributed by atoms with Crippen molar-refractivity contribution >= 4 is 47.8 Å². The van der Waals surface area contributed by atoms with E-state index in [1.807, 2.05) is 0 Å². The molecule has 0 saturated carbocycles. The second-order valence-electron chi connectivity index (χ2n) is 4.96. The van der Waals surface area contributed by atoms with Crippen LogP contribution in [0.2, 0.25) is 30.2 Å². The molecule has 2 nitrogen and oxygen atoms in total. The van der Waals surface area contributed by atoms with Crippen molar-refractivity contribution in [2.45, 2.75) is 64.8 Å². The zero-order valence-electron chi connectivity index (χ0n) is 12.8. The summed E-state index contributed by atoms with van der Waals surface area (Å²) in [6.45, 7) is 12.2. The number of rotatable bonds is 11. The van der Waals surface area contributed by atoms with Crippen molar-refractivity contribution in [1.82, 2.24) is 7.79 Å². The minimum absolute atomic E-state index is 0.149. The maximum atomic E-state index is 3.17. The molecule has 0 aromatic rings. The normalized spacial score (nSPS) is 16.4. The first kappa shape index (κ1) is 18.0. The zero-order chi connectivity index (χ0) is 13.1. The van der Waals surface area contributed by atoms with E-state index in [2.05, 4.69) is 42.4 Å². The van der Waals surface area contributed by atoms with Crippen LogP contribution in [0.15, 0.2) is 0 Å². The lowest BCUT2D eigenvalue weighted by Gasteiger charge is -2.38. The molecule has 0 aliphatic heterocycles. The molecule has 0 radical (unpaired) electrons. The maximum absolute atomic E-state index is 3.17. The Bertz CT molecular complexity index is 145. The van der Waals surface area contributed by atoms with E-state index in [1.165, 1.54) is 30.2 Å². The molecule has 0 rings (SSSR count). The maximum Gasteiger partial charge on any atom is 0.161 e. The van der Waals surface area contributed by atoms with Gasteiger partial charge in [-0.2, -0.15) is 0 Å². The first-order valence-corrected chi connectivity index (χ1v) is 16.1. The van der Waals surface area contributed by atoms with E-state index in [1.54, 1.807) is 0 Å². The van der Waals surface area contributed by atoms with Crippen LogP contribution in [0.1, 0.15) is 34.6 Å². The Hall–Kier alpha value is 1.00. The lowest BCUT2D eigenvalue weighted by atomic mass is 11.0. The van der Waals surface area contributed by atoms with Gasteiger partial charge in [0.2, 0.25) is 0 Å². The highest BCUT2D eigenvalue weighted by Gasteiger charge is 2.23. The summed E-state index contributed by atoms with van der Waals surface area (Å²) in [5, 5.41) is 0. The van der Waals surface area contributed by atoms with Crippen molar-refractivity contribution in [3.8, 4) is 0 Å². The third-order valence-electron chi connectivity index (χ3n) is 3.25. The van der Waals surface area contributed by atoms with Crippen LogP contribution >= 0.6 is 0 Å². The van der Waals surface area contributed by atoms with Crippen LogP contribution in [0.5, 0.6) is 0 Å². The molecule has 7 heteroatoms. The summed E-state index contributed by atoms with van der Waals surface area (Å²) >= 11 is 0. The third-order valence-corrected chi connectivity index (χ3v) is 21.7. The van der Waals surface area contributed by atoms with Gasteiger partial charge in [-0.25, -0.2) is 0 Å². The van der Waals surface area contributed by atoms with Crippen LogP contribution in [0.4, 0.5) is 0 Å². The fourth-order valence-corrected chi connectivity index (χ4v) is 28.6. The van der Waals surface area contributed by atoms with E-state index >= 15 is 0 Å². The van der Waals surface area contributed by atoms with Crippen LogP contribution in [0, 0.1) is 0 Å². The SMILES string of the molecule is CC[SiH2]N([SiH2]CC)[SiH](CC)N([SiH2]CC)[SiH2]CC. The molecule has 0 heterocycles. The smallest absolute Gasteiger partial charge is 0.161 e. The first-order chi connectivity index (χ1) is 8.24. The van der Waals surface area contributed by atoms with Gasteiger partial charge < -0.3 is 7.79 Å². The molecule has 0 saturated heterocycles. The fourth-order valence-electron chi connectivity index (χ4n) is 2.72. The lowest BCUT2D eigenvalue weighted by Crippen LogP contribution is -2.57. The molecule has 0 aromatic carbocycles. The van der Waals surface area contributed by atoms with Crippen LogP contribution in [0.25, 0.3) is 0 Å². The van der Waals surface area contributed by atoms with Crippen molar-refractivity contribution in [2.24, 2.45) is 0 Å². The number of nitrogens with zero attached hydrogens (tertiary/aromatic N) is 2.